The summed E-state index contributed by atoms with van der Waals surface area (Å²) in [6.07, 6.45) is 0.880. The molecule has 1 aliphatic heterocycles. The van der Waals surface area contributed by atoms with Gasteiger partial charge in [-0.15, -0.1) is 11.8 Å². The lowest BCUT2D eigenvalue weighted by Gasteiger charge is -2.10. The maximum atomic E-state index is 12.2. The number of anilines is 1. The Kier molecular flexibility index (Phi) is 5.68. The lowest BCUT2D eigenvalue weighted by Crippen LogP contribution is -2.14. The van der Waals surface area contributed by atoms with E-state index in [1.165, 1.54) is 11.8 Å². The molecule has 1 heterocycles. The van der Waals surface area contributed by atoms with Gasteiger partial charge in [0.25, 0.3) is 0 Å². The van der Waals surface area contributed by atoms with E-state index in [4.69, 9.17) is 9.47 Å². The molecule has 0 saturated carbocycles. The highest BCUT2D eigenvalue weighted by molar-refractivity contribution is 9.10. The Morgan fingerprint density at radius 1 is 1.17 bits per heavy atom. The van der Waals surface area contributed by atoms with E-state index in [1.54, 1.807) is 0 Å². The first kappa shape index (κ1) is 17.2. The van der Waals surface area contributed by atoms with Crippen molar-refractivity contribution in [2.24, 2.45) is 0 Å². The van der Waals surface area contributed by atoms with Gasteiger partial charge in [-0.2, -0.15) is 0 Å². The molecular weight excluding hydrogens is 390 g/mol. The molecule has 4 nitrogen and oxygen atoms in total. The number of rotatable bonds is 4. The smallest absolute Gasteiger partial charge is 0.234 e. The van der Waals surface area contributed by atoms with Gasteiger partial charge >= 0.3 is 0 Å². The largest absolute Gasteiger partial charge is 0.490 e. The second-order valence-corrected chi connectivity index (χ2v) is 7.38. The summed E-state index contributed by atoms with van der Waals surface area (Å²) in [5.41, 5.74) is 1.92. The number of hydrogen-bond donors (Lipinski definition) is 1. The van der Waals surface area contributed by atoms with Crippen LogP contribution in [0.1, 0.15) is 12.0 Å². The van der Waals surface area contributed by atoms with Gasteiger partial charge in [-0.25, -0.2) is 0 Å². The number of carbonyl (C=O) groups excluding carboxylic acids is 1. The summed E-state index contributed by atoms with van der Waals surface area (Å²) in [6, 6.07) is 11.6. The van der Waals surface area contributed by atoms with E-state index in [9.17, 15) is 4.79 Å². The fourth-order valence-corrected chi connectivity index (χ4v) is 3.61. The van der Waals surface area contributed by atoms with Crippen LogP contribution in [0.5, 0.6) is 11.5 Å². The standard InChI is InChI=1S/C18H18BrNO3S/c1-12-3-5-15(14(19)9-12)20-18(21)11-24-13-4-6-16-17(10-13)23-8-2-7-22-16/h3-6,9-10H,2,7-8,11H2,1H3,(H,20,21). The summed E-state index contributed by atoms with van der Waals surface area (Å²) < 4.78 is 12.2. The molecule has 1 N–H and O–H groups in total. The van der Waals surface area contributed by atoms with Crippen LogP contribution in [0.3, 0.4) is 0 Å². The quantitative estimate of drug-likeness (QED) is 0.749. The van der Waals surface area contributed by atoms with Crippen LogP contribution in [0.4, 0.5) is 5.69 Å². The molecule has 1 aliphatic rings. The minimum absolute atomic E-state index is 0.0448. The molecule has 126 valence electrons. The van der Waals surface area contributed by atoms with Crippen molar-refractivity contribution in [2.45, 2.75) is 18.2 Å². The van der Waals surface area contributed by atoms with Crippen LogP contribution < -0.4 is 14.8 Å². The highest BCUT2D eigenvalue weighted by atomic mass is 79.9. The molecule has 0 aliphatic carbocycles. The monoisotopic (exact) mass is 407 g/mol. The second-order valence-electron chi connectivity index (χ2n) is 5.48. The number of hydrogen-bond acceptors (Lipinski definition) is 4. The summed E-state index contributed by atoms with van der Waals surface area (Å²) in [4.78, 5) is 13.1. The highest BCUT2D eigenvalue weighted by Gasteiger charge is 2.12. The van der Waals surface area contributed by atoms with Gasteiger partial charge in [0.15, 0.2) is 11.5 Å². The van der Waals surface area contributed by atoms with Crippen LogP contribution in [-0.2, 0) is 4.79 Å². The molecule has 0 spiro atoms. The first-order chi connectivity index (χ1) is 11.6. The summed E-state index contributed by atoms with van der Waals surface area (Å²) in [7, 11) is 0. The average Bonchev–Trinajstić information content (AvgIpc) is 2.80. The van der Waals surface area contributed by atoms with Gasteiger partial charge in [-0.1, -0.05) is 6.07 Å². The van der Waals surface area contributed by atoms with Gasteiger partial charge in [-0.05, 0) is 58.7 Å². The van der Waals surface area contributed by atoms with E-state index in [2.05, 4.69) is 21.2 Å². The zero-order valence-electron chi connectivity index (χ0n) is 13.3. The number of carbonyl (C=O) groups is 1. The predicted molar refractivity (Wildman–Crippen MR) is 100 cm³/mol. The summed E-state index contributed by atoms with van der Waals surface area (Å²) in [6.45, 7) is 3.34. The molecule has 0 radical (unpaired) electrons. The maximum Gasteiger partial charge on any atom is 0.234 e. The van der Waals surface area contributed by atoms with Crippen molar-refractivity contribution in [1.29, 1.82) is 0 Å². The zero-order chi connectivity index (χ0) is 16.9. The first-order valence-corrected chi connectivity index (χ1v) is 9.48. The van der Waals surface area contributed by atoms with Crippen molar-refractivity contribution in [3.63, 3.8) is 0 Å². The van der Waals surface area contributed by atoms with Crippen LogP contribution in [0.2, 0.25) is 0 Å². The second kappa shape index (κ2) is 7.94. The Morgan fingerprint density at radius 2 is 1.96 bits per heavy atom. The molecule has 24 heavy (non-hydrogen) atoms. The Hall–Kier alpha value is -1.66. The fourth-order valence-electron chi connectivity index (χ4n) is 2.29. The Labute approximate surface area is 154 Å². The van der Waals surface area contributed by atoms with Gasteiger partial charge in [-0.3, -0.25) is 4.79 Å². The third-order valence-electron chi connectivity index (χ3n) is 3.49. The van der Waals surface area contributed by atoms with Crippen molar-refractivity contribution < 1.29 is 14.3 Å². The van der Waals surface area contributed by atoms with Gasteiger partial charge in [0.2, 0.25) is 5.91 Å². The van der Waals surface area contributed by atoms with E-state index in [0.29, 0.717) is 19.0 Å². The van der Waals surface area contributed by atoms with Crippen LogP contribution in [-0.4, -0.2) is 24.9 Å². The van der Waals surface area contributed by atoms with Gasteiger partial charge in [0, 0.05) is 15.8 Å². The number of thioether (sulfide) groups is 1. The molecule has 0 atom stereocenters. The van der Waals surface area contributed by atoms with Crippen molar-refractivity contribution in [3.05, 3.63) is 46.4 Å². The van der Waals surface area contributed by atoms with Crippen molar-refractivity contribution in [1.82, 2.24) is 0 Å². The molecule has 6 heteroatoms. The molecule has 1 amide bonds. The van der Waals surface area contributed by atoms with Crippen molar-refractivity contribution in [3.8, 4) is 11.5 Å². The number of aryl methyl sites for hydroxylation is 1. The minimum Gasteiger partial charge on any atom is -0.490 e. The number of benzene rings is 2. The molecule has 2 aromatic carbocycles. The molecule has 0 bridgehead atoms. The van der Waals surface area contributed by atoms with Crippen LogP contribution in [0, 0.1) is 6.92 Å². The third-order valence-corrected chi connectivity index (χ3v) is 5.14. The summed E-state index contributed by atoms with van der Waals surface area (Å²) in [5.74, 6) is 1.81. The lowest BCUT2D eigenvalue weighted by molar-refractivity contribution is -0.113. The Balaban J connectivity index is 1.59. The average molecular weight is 408 g/mol. The van der Waals surface area contributed by atoms with Crippen molar-refractivity contribution in [2.75, 3.05) is 24.3 Å². The number of amides is 1. The molecule has 0 unspecified atom stereocenters. The van der Waals surface area contributed by atoms with E-state index in [-0.39, 0.29) is 5.91 Å². The molecule has 0 aromatic heterocycles. The topological polar surface area (TPSA) is 47.6 Å². The van der Waals surface area contributed by atoms with Crippen LogP contribution >= 0.6 is 27.7 Å². The lowest BCUT2D eigenvalue weighted by atomic mass is 10.2. The number of fused-ring (bicyclic) bond motifs is 1. The molecule has 0 fully saturated rings. The maximum absolute atomic E-state index is 12.2. The molecule has 3 rings (SSSR count). The third kappa shape index (κ3) is 4.45. The number of ether oxygens (including phenoxy) is 2. The zero-order valence-corrected chi connectivity index (χ0v) is 15.7. The van der Waals surface area contributed by atoms with Crippen LogP contribution in [0.25, 0.3) is 0 Å². The van der Waals surface area contributed by atoms with Gasteiger partial charge < -0.3 is 14.8 Å². The number of nitrogens with one attached hydrogen (secondary N) is 1. The SMILES string of the molecule is Cc1ccc(NC(=O)CSc2ccc3c(c2)OCCCO3)c(Br)c1. The minimum atomic E-state index is -0.0448. The van der Waals surface area contributed by atoms with Crippen LogP contribution in [0.15, 0.2) is 45.8 Å². The number of halogens is 1. The molecule has 0 saturated heterocycles. The summed E-state index contributed by atoms with van der Waals surface area (Å²) in [5, 5.41) is 2.92. The fraction of sp³-hybridized carbons (Fsp3) is 0.278. The predicted octanol–water partition coefficient (Wildman–Crippen LogP) is 4.65. The van der Waals surface area contributed by atoms with E-state index >= 15 is 0 Å². The Bertz CT molecular complexity index is 751. The van der Waals surface area contributed by atoms with Gasteiger partial charge in [0.05, 0.1) is 24.7 Å². The summed E-state index contributed by atoms with van der Waals surface area (Å²) >= 11 is 4.94. The van der Waals surface area contributed by atoms with E-state index in [0.717, 1.165) is 38.5 Å². The Morgan fingerprint density at radius 3 is 2.75 bits per heavy atom. The van der Waals surface area contributed by atoms with E-state index in [1.807, 2.05) is 43.3 Å². The van der Waals surface area contributed by atoms with Crippen molar-refractivity contribution >= 4 is 39.3 Å². The molecule has 2 aromatic rings. The van der Waals surface area contributed by atoms with Gasteiger partial charge in [0.1, 0.15) is 0 Å². The first-order valence-electron chi connectivity index (χ1n) is 7.70. The molecular formula is C18H18BrNO3S. The van der Waals surface area contributed by atoms with E-state index < -0.39 is 0 Å². The normalized spacial score (nSPS) is 13.2. The highest BCUT2D eigenvalue weighted by Crippen LogP contribution is 2.34.